The Kier molecular flexibility index (Phi) is 7.43. The molecule has 3 aromatic carbocycles. The highest BCUT2D eigenvalue weighted by molar-refractivity contribution is 7.99. The number of hydrogen-bond acceptors (Lipinski definition) is 7. The van der Waals surface area contributed by atoms with Crippen molar-refractivity contribution in [3.63, 3.8) is 0 Å². The Labute approximate surface area is 231 Å². The van der Waals surface area contributed by atoms with Gasteiger partial charge in [0.2, 0.25) is 0 Å². The van der Waals surface area contributed by atoms with Gasteiger partial charge >= 0.3 is 0 Å². The molecule has 0 unspecified atom stereocenters. The van der Waals surface area contributed by atoms with Gasteiger partial charge < -0.3 is 10.1 Å². The summed E-state index contributed by atoms with van der Waals surface area (Å²) in [6.07, 6.45) is -1.75. The van der Waals surface area contributed by atoms with Crippen LogP contribution >= 0.6 is 11.8 Å². The molecule has 1 amide bonds. The van der Waals surface area contributed by atoms with E-state index in [1.807, 2.05) is 31.2 Å². The molecular formula is C28H21F2N5O4S. The number of aromatic nitrogens is 3. The zero-order valence-electron chi connectivity index (χ0n) is 21.2. The number of aryl methyl sites for hydroxylation is 1. The Morgan fingerprint density at radius 2 is 1.77 bits per heavy atom. The van der Waals surface area contributed by atoms with Crippen LogP contribution in [0.4, 0.5) is 20.2 Å². The Morgan fingerprint density at radius 1 is 1.05 bits per heavy atom. The predicted octanol–water partition coefficient (Wildman–Crippen LogP) is 6.96. The van der Waals surface area contributed by atoms with Crippen LogP contribution in [-0.2, 0) is 0 Å². The van der Waals surface area contributed by atoms with Crippen molar-refractivity contribution in [2.45, 2.75) is 23.1 Å². The van der Waals surface area contributed by atoms with Gasteiger partial charge in [0.25, 0.3) is 18.0 Å². The maximum atomic E-state index is 14.0. The fourth-order valence-electron chi connectivity index (χ4n) is 3.97. The summed E-state index contributed by atoms with van der Waals surface area (Å²) in [5.74, 6) is -0.124. The number of nitro benzene ring substituents is 1. The van der Waals surface area contributed by atoms with Crippen molar-refractivity contribution < 1.29 is 23.2 Å². The summed E-state index contributed by atoms with van der Waals surface area (Å²) in [7, 11) is 1.51. The van der Waals surface area contributed by atoms with Crippen LogP contribution in [0.2, 0.25) is 0 Å². The highest BCUT2D eigenvalue weighted by Gasteiger charge is 2.22. The van der Waals surface area contributed by atoms with Crippen molar-refractivity contribution in [2.24, 2.45) is 0 Å². The molecule has 12 heteroatoms. The summed E-state index contributed by atoms with van der Waals surface area (Å²) >= 11 is 1.30. The molecule has 5 aromatic rings. The van der Waals surface area contributed by atoms with E-state index in [2.05, 4.69) is 15.4 Å². The number of non-ortho nitro benzene ring substituents is 1. The minimum absolute atomic E-state index is 0.0727. The van der Waals surface area contributed by atoms with Gasteiger partial charge in [0.1, 0.15) is 17.0 Å². The average Bonchev–Trinajstić information content (AvgIpc) is 3.38. The second kappa shape index (κ2) is 11.1. The monoisotopic (exact) mass is 561 g/mol. The minimum atomic E-state index is -2.89. The lowest BCUT2D eigenvalue weighted by molar-refractivity contribution is -0.385. The number of anilines is 1. The SMILES string of the molecule is COc1ccc(-c2cc(C(F)F)n3ncc(C(=O)Nc4cc(Sc5ccc(C)cc5)cc([N+](=O)[O-])c4)c3n2)cc1. The van der Waals surface area contributed by atoms with Crippen molar-refractivity contribution in [1.29, 1.82) is 0 Å². The Hall–Kier alpha value is -4.84. The largest absolute Gasteiger partial charge is 0.497 e. The number of carbonyl (C=O) groups is 1. The number of nitrogens with one attached hydrogen (secondary N) is 1. The number of rotatable bonds is 8. The molecule has 2 heterocycles. The molecule has 9 nitrogen and oxygen atoms in total. The van der Waals surface area contributed by atoms with Crippen molar-refractivity contribution in [2.75, 3.05) is 12.4 Å². The second-order valence-electron chi connectivity index (χ2n) is 8.73. The number of carbonyl (C=O) groups excluding carboxylic acids is 1. The zero-order valence-corrected chi connectivity index (χ0v) is 22.0. The quantitative estimate of drug-likeness (QED) is 0.161. The Balaban J connectivity index is 1.51. The number of ether oxygens (including phenoxy) is 1. The van der Waals surface area contributed by atoms with Crippen molar-refractivity contribution in [3.8, 4) is 17.0 Å². The van der Waals surface area contributed by atoms with Crippen molar-refractivity contribution in [1.82, 2.24) is 14.6 Å². The molecular weight excluding hydrogens is 540 g/mol. The van der Waals surface area contributed by atoms with Gasteiger partial charge in [-0.3, -0.25) is 14.9 Å². The molecule has 0 aliphatic heterocycles. The van der Waals surface area contributed by atoms with Gasteiger partial charge in [-0.25, -0.2) is 18.3 Å². The normalized spacial score (nSPS) is 11.1. The van der Waals surface area contributed by atoms with Crippen molar-refractivity contribution >= 4 is 34.7 Å². The predicted molar refractivity (Wildman–Crippen MR) is 146 cm³/mol. The van der Waals surface area contributed by atoms with Gasteiger partial charge in [0.15, 0.2) is 5.65 Å². The van der Waals surface area contributed by atoms with E-state index in [0.717, 1.165) is 21.2 Å². The average molecular weight is 562 g/mol. The number of alkyl halides is 2. The maximum Gasteiger partial charge on any atom is 0.280 e. The lowest BCUT2D eigenvalue weighted by Crippen LogP contribution is -2.13. The van der Waals surface area contributed by atoms with Gasteiger partial charge in [0.05, 0.1) is 23.9 Å². The van der Waals surface area contributed by atoms with Crippen LogP contribution in [0.1, 0.15) is 28.0 Å². The van der Waals surface area contributed by atoms with Crippen LogP contribution < -0.4 is 10.1 Å². The van der Waals surface area contributed by atoms with Gasteiger partial charge in [-0.2, -0.15) is 5.10 Å². The number of methoxy groups -OCH3 is 1. The summed E-state index contributed by atoms with van der Waals surface area (Å²) in [4.78, 5) is 30.2. The first-order chi connectivity index (χ1) is 19.2. The van der Waals surface area contributed by atoms with E-state index in [4.69, 9.17) is 4.74 Å². The van der Waals surface area contributed by atoms with Crippen LogP contribution in [0.5, 0.6) is 5.75 Å². The number of hydrogen-bond donors (Lipinski definition) is 1. The number of nitro groups is 1. The molecule has 40 heavy (non-hydrogen) atoms. The highest BCUT2D eigenvalue weighted by Crippen LogP contribution is 2.34. The highest BCUT2D eigenvalue weighted by atomic mass is 32.2. The van der Waals surface area contributed by atoms with Crippen LogP contribution in [0.3, 0.4) is 0 Å². The zero-order chi connectivity index (χ0) is 28.4. The van der Waals surface area contributed by atoms with E-state index in [1.165, 1.54) is 37.1 Å². The van der Waals surface area contributed by atoms with Gasteiger partial charge in [-0.1, -0.05) is 29.5 Å². The number of benzene rings is 3. The first kappa shape index (κ1) is 26.8. The molecule has 0 atom stereocenters. The van der Waals surface area contributed by atoms with E-state index >= 15 is 0 Å². The smallest absolute Gasteiger partial charge is 0.280 e. The van der Waals surface area contributed by atoms with E-state index in [9.17, 15) is 23.7 Å². The summed E-state index contributed by atoms with van der Waals surface area (Å²) in [5, 5.41) is 18.2. The summed E-state index contributed by atoms with van der Waals surface area (Å²) < 4.78 is 34.0. The van der Waals surface area contributed by atoms with Crippen LogP contribution in [0.25, 0.3) is 16.9 Å². The van der Waals surface area contributed by atoms with E-state index in [1.54, 1.807) is 30.3 Å². The molecule has 0 bridgehead atoms. The molecule has 0 aliphatic carbocycles. The lowest BCUT2D eigenvalue weighted by Gasteiger charge is -2.10. The van der Waals surface area contributed by atoms with Crippen molar-refractivity contribution in [3.05, 3.63) is 106 Å². The number of halogens is 2. The molecule has 2 aromatic heterocycles. The third-order valence-corrected chi connectivity index (χ3v) is 6.95. The Morgan fingerprint density at radius 3 is 2.42 bits per heavy atom. The lowest BCUT2D eigenvalue weighted by atomic mass is 10.1. The molecule has 202 valence electrons. The third-order valence-electron chi connectivity index (χ3n) is 5.97. The van der Waals surface area contributed by atoms with E-state index in [0.29, 0.717) is 16.2 Å². The molecule has 1 N–H and O–H groups in total. The fraction of sp³-hybridized carbons (Fsp3) is 0.107. The number of amides is 1. The van der Waals surface area contributed by atoms with Gasteiger partial charge in [-0.15, -0.1) is 0 Å². The topological polar surface area (TPSA) is 112 Å². The fourth-order valence-corrected chi connectivity index (χ4v) is 4.88. The Bertz CT molecular complexity index is 1720. The molecule has 0 radical (unpaired) electrons. The first-order valence-corrected chi connectivity index (χ1v) is 12.7. The molecule has 0 saturated carbocycles. The van der Waals surface area contributed by atoms with Gasteiger partial charge in [-0.05, 0) is 55.5 Å². The molecule has 0 saturated heterocycles. The van der Waals surface area contributed by atoms with Crippen LogP contribution in [0, 0.1) is 17.0 Å². The maximum absolute atomic E-state index is 14.0. The number of fused-ring (bicyclic) bond motifs is 1. The third kappa shape index (κ3) is 5.61. The molecule has 5 rings (SSSR count). The summed E-state index contributed by atoms with van der Waals surface area (Å²) in [6, 6.07) is 19.7. The van der Waals surface area contributed by atoms with Gasteiger partial charge in [0, 0.05) is 33.2 Å². The van der Waals surface area contributed by atoms with Crippen LogP contribution in [0.15, 0.2) is 88.8 Å². The molecule has 0 fully saturated rings. The second-order valence-corrected chi connectivity index (χ2v) is 9.88. The van der Waals surface area contributed by atoms with E-state index < -0.39 is 22.9 Å². The van der Waals surface area contributed by atoms with Crippen LogP contribution in [-0.4, -0.2) is 32.5 Å². The standard InChI is InChI=1S/C28H21F2N5O4S/c1-16-3-9-21(10-4-16)40-22-12-18(11-19(13-22)35(37)38)32-28(36)23-15-31-34-25(26(29)30)14-24(33-27(23)34)17-5-7-20(39-2)8-6-17/h3-15,26H,1-2H3,(H,32,36). The first-order valence-electron chi connectivity index (χ1n) is 11.9. The molecule has 0 aliphatic rings. The summed E-state index contributed by atoms with van der Waals surface area (Å²) in [5.41, 5.74) is 1.17. The minimum Gasteiger partial charge on any atom is -0.497 e. The molecule has 0 spiro atoms. The van der Waals surface area contributed by atoms with E-state index in [-0.39, 0.29) is 28.3 Å². The number of nitrogens with zero attached hydrogens (tertiary/aromatic N) is 4. The summed E-state index contributed by atoms with van der Waals surface area (Å²) in [6.45, 7) is 1.95.